The van der Waals surface area contributed by atoms with Crippen LogP contribution in [-0.4, -0.2) is 50.8 Å². The zero-order chi connectivity index (χ0) is 20.2. The molecule has 0 spiro atoms. The van der Waals surface area contributed by atoms with Gasteiger partial charge in [-0.3, -0.25) is 8.98 Å². The van der Waals surface area contributed by atoms with Crippen LogP contribution in [0.4, 0.5) is 18.9 Å². The third-order valence-corrected chi connectivity index (χ3v) is 5.67. The van der Waals surface area contributed by atoms with Crippen molar-refractivity contribution in [1.29, 1.82) is 0 Å². The number of hydrogen-bond donors (Lipinski definition) is 1. The summed E-state index contributed by atoms with van der Waals surface area (Å²) >= 11 is 6.06. The molecule has 1 N–H and O–H groups in total. The number of nitrogens with zero attached hydrogens (tertiary/aromatic N) is 1. The Hall–Kier alpha value is -1.63. The van der Waals surface area contributed by atoms with Crippen LogP contribution in [0, 0.1) is 0 Å². The monoisotopic (exact) mass is 440 g/mol. The molecule has 1 fully saturated rings. The highest BCUT2D eigenvalue weighted by Crippen LogP contribution is 2.26. The van der Waals surface area contributed by atoms with Crippen molar-refractivity contribution in [3.63, 3.8) is 0 Å². The van der Waals surface area contributed by atoms with Crippen molar-refractivity contribution in [3.05, 3.63) is 34.7 Å². The van der Waals surface area contributed by atoms with Crippen LogP contribution in [0.15, 0.2) is 29.2 Å². The van der Waals surface area contributed by atoms with Gasteiger partial charge in [0, 0.05) is 19.3 Å². The maximum absolute atomic E-state index is 12.0. The number of amides is 1. The predicted molar refractivity (Wildman–Crippen MR) is 102 cm³/mol. The van der Waals surface area contributed by atoms with Crippen LogP contribution in [0.3, 0.4) is 0 Å². The molecule has 1 aliphatic rings. The topological polar surface area (TPSA) is 75.7 Å². The van der Waals surface area contributed by atoms with Crippen molar-refractivity contribution in [2.45, 2.75) is 6.18 Å². The molecule has 12 heteroatoms. The Morgan fingerprint density at radius 1 is 1.30 bits per heavy atom. The van der Waals surface area contributed by atoms with E-state index in [1.165, 1.54) is 0 Å². The van der Waals surface area contributed by atoms with Gasteiger partial charge >= 0.3 is 6.18 Å². The van der Waals surface area contributed by atoms with Crippen molar-refractivity contribution >= 4 is 56.1 Å². The third-order valence-electron chi connectivity index (χ3n) is 3.35. The van der Waals surface area contributed by atoms with Crippen molar-refractivity contribution in [2.75, 3.05) is 30.9 Å². The molecule has 0 radical (unpaired) electrons. The molecule has 0 atom stereocenters. The van der Waals surface area contributed by atoms with E-state index in [4.69, 9.17) is 12.2 Å². The molecule has 0 aromatic heterocycles. The van der Waals surface area contributed by atoms with Gasteiger partial charge in [0.2, 0.25) is 0 Å². The second kappa shape index (κ2) is 8.59. The minimum Gasteiger partial charge on any atom is -0.373 e. The second-order valence-corrected chi connectivity index (χ2v) is 8.98. The maximum Gasteiger partial charge on any atom is 0.413 e. The molecule has 27 heavy (non-hydrogen) atoms. The Labute approximate surface area is 163 Å². The van der Waals surface area contributed by atoms with E-state index in [9.17, 15) is 26.4 Å². The molecular weight excluding hydrogens is 425 g/mol. The quantitative estimate of drug-likeness (QED) is 0.397. The van der Waals surface area contributed by atoms with Gasteiger partial charge in [0.15, 0.2) is 6.61 Å². The fourth-order valence-corrected chi connectivity index (χ4v) is 3.96. The van der Waals surface area contributed by atoms with Crippen molar-refractivity contribution < 1.29 is 30.6 Å². The van der Waals surface area contributed by atoms with Gasteiger partial charge in [-0.05, 0) is 23.8 Å². The van der Waals surface area contributed by atoms with E-state index in [1.54, 1.807) is 42.3 Å². The first-order valence-electron chi connectivity index (χ1n) is 7.45. The first-order valence-corrected chi connectivity index (χ1v) is 10.3. The number of alkyl halides is 3. The molecule has 0 saturated carbocycles. The number of nitrogens with one attached hydrogen (secondary N) is 1. The number of carbonyl (C=O) groups excluding carboxylic acids is 1. The zero-order valence-corrected chi connectivity index (χ0v) is 16.4. The van der Waals surface area contributed by atoms with Gasteiger partial charge < -0.3 is 10.2 Å². The Kier molecular flexibility index (Phi) is 6.89. The fraction of sp³-hybridized carbons (Fsp3) is 0.333. The Morgan fingerprint density at radius 3 is 2.44 bits per heavy atom. The van der Waals surface area contributed by atoms with Crippen LogP contribution in [0.1, 0.15) is 5.56 Å². The highest BCUT2D eigenvalue weighted by molar-refractivity contribution is 8.26. The van der Waals surface area contributed by atoms with Gasteiger partial charge in [-0.15, -0.1) is 0 Å². The Morgan fingerprint density at radius 2 is 1.93 bits per heavy atom. The summed E-state index contributed by atoms with van der Waals surface area (Å²) in [5.74, 6) is -0.852. The van der Waals surface area contributed by atoms with Crippen molar-refractivity contribution in [1.82, 2.24) is 5.32 Å². The number of carbonyl (C=O) groups is 1. The molecule has 0 aliphatic carbocycles. The van der Waals surface area contributed by atoms with Crippen molar-refractivity contribution in [3.8, 4) is 0 Å². The highest BCUT2D eigenvalue weighted by atomic mass is 32.2. The van der Waals surface area contributed by atoms with Crippen LogP contribution in [-0.2, 0) is 19.1 Å². The standard InChI is InChI=1S/C15H15F3N2O4S3/c1-20(6-7-27(22,23)24-9-15(16,17)18)11-4-2-10(3-5-11)8-12-13(21)19-14(25)26-12/h2-5,8H,6-7,9H2,1H3,(H,19,21,25). The zero-order valence-electron chi connectivity index (χ0n) is 13.9. The summed E-state index contributed by atoms with van der Waals surface area (Å²) in [5, 5.41) is 2.51. The second-order valence-electron chi connectivity index (χ2n) is 5.50. The minimum atomic E-state index is -4.71. The van der Waals surface area contributed by atoms with Crippen LogP contribution in [0.5, 0.6) is 0 Å². The molecule has 1 heterocycles. The number of anilines is 1. The van der Waals surface area contributed by atoms with Crippen LogP contribution in [0.2, 0.25) is 0 Å². The summed E-state index contributed by atoms with van der Waals surface area (Å²) in [5.41, 5.74) is 1.40. The molecule has 1 saturated heterocycles. The molecular formula is C15H15F3N2O4S3. The molecule has 1 aliphatic heterocycles. The molecule has 0 bridgehead atoms. The summed E-state index contributed by atoms with van der Waals surface area (Å²) in [6.45, 7) is -1.88. The van der Waals surface area contributed by atoms with E-state index in [0.29, 0.717) is 14.9 Å². The molecule has 1 aromatic carbocycles. The average Bonchev–Trinajstić information content (AvgIpc) is 2.88. The van der Waals surface area contributed by atoms with Crippen LogP contribution >= 0.6 is 24.0 Å². The minimum absolute atomic E-state index is 0.0485. The molecule has 6 nitrogen and oxygen atoms in total. The maximum atomic E-state index is 12.0. The van der Waals surface area contributed by atoms with Crippen molar-refractivity contribution in [2.24, 2.45) is 0 Å². The Bertz CT molecular complexity index is 852. The van der Waals surface area contributed by atoms with Gasteiger partial charge in [0.05, 0.1) is 10.7 Å². The first kappa shape index (κ1) is 21.7. The summed E-state index contributed by atoms with van der Waals surface area (Å²) < 4.78 is 63.5. The molecule has 2 rings (SSSR count). The first-order chi connectivity index (χ1) is 12.5. The van der Waals surface area contributed by atoms with Gasteiger partial charge in [-0.25, -0.2) is 0 Å². The lowest BCUT2D eigenvalue weighted by Gasteiger charge is -2.19. The summed E-state index contributed by atoms with van der Waals surface area (Å²) in [7, 11) is -2.68. The number of thioether (sulfide) groups is 1. The molecule has 1 amide bonds. The van der Waals surface area contributed by atoms with E-state index in [0.717, 1.165) is 17.3 Å². The summed E-state index contributed by atoms with van der Waals surface area (Å²) in [4.78, 5) is 13.7. The normalized spacial score (nSPS) is 16.7. The van der Waals surface area contributed by atoms with Gasteiger partial charge in [-0.2, -0.15) is 21.6 Å². The lowest BCUT2D eigenvalue weighted by atomic mass is 10.2. The van der Waals surface area contributed by atoms with Gasteiger partial charge in [0.1, 0.15) is 4.32 Å². The number of hydrogen-bond acceptors (Lipinski definition) is 7. The van der Waals surface area contributed by atoms with Gasteiger partial charge in [0.25, 0.3) is 16.0 Å². The lowest BCUT2D eigenvalue weighted by molar-refractivity contribution is -0.152. The lowest BCUT2D eigenvalue weighted by Crippen LogP contribution is -2.28. The fourth-order valence-electron chi connectivity index (χ4n) is 1.99. The van der Waals surface area contributed by atoms with E-state index in [2.05, 4.69) is 9.50 Å². The Balaban J connectivity index is 1.94. The van der Waals surface area contributed by atoms with Crippen LogP contribution < -0.4 is 10.2 Å². The number of thiocarbonyl (C=S) groups is 1. The van der Waals surface area contributed by atoms with E-state index >= 15 is 0 Å². The number of benzene rings is 1. The highest BCUT2D eigenvalue weighted by Gasteiger charge is 2.31. The molecule has 0 unspecified atom stereocenters. The molecule has 1 aromatic rings. The number of halogens is 3. The molecule has 148 valence electrons. The van der Waals surface area contributed by atoms with E-state index in [-0.39, 0.29) is 12.5 Å². The predicted octanol–water partition coefficient (Wildman–Crippen LogP) is 2.52. The van der Waals surface area contributed by atoms with Crippen LogP contribution in [0.25, 0.3) is 6.08 Å². The summed E-state index contributed by atoms with van der Waals surface area (Å²) in [6.07, 6.45) is -3.04. The van der Waals surface area contributed by atoms with Gasteiger partial charge in [-0.1, -0.05) is 36.1 Å². The third kappa shape index (κ3) is 7.13. The smallest absolute Gasteiger partial charge is 0.373 e. The average molecular weight is 440 g/mol. The van der Waals surface area contributed by atoms with E-state index < -0.39 is 28.7 Å². The number of rotatable bonds is 7. The SMILES string of the molecule is CN(CCS(=O)(=O)OCC(F)(F)F)c1ccc(C=C2SC(=S)NC2=O)cc1. The largest absolute Gasteiger partial charge is 0.413 e. The van der Waals surface area contributed by atoms with E-state index in [1.807, 2.05) is 0 Å². The summed E-state index contributed by atoms with van der Waals surface area (Å²) in [6, 6.07) is 6.85.